The molecule has 0 aromatic carbocycles. The number of carbonyl (C=O) groups excluding carboxylic acids is 1. The molecule has 1 aliphatic carbocycles. The number of halogens is 1. The molecule has 3 heteroatoms. The molecule has 0 saturated heterocycles. The summed E-state index contributed by atoms with van der Waals surface area (Å²) >= 11 is 5.71. The minimum atomic E-state index is 0.0527. The molecule has 0 bridgehead atoms. The number of rotatable bonds is 3. The molecule has 74 valence electrons. The third-order valence-electron chi connectivity index (χ3n) is 2.44. The molecule has 14 heavy (non-hydrogen) atoms. The molecule has 0 unspecified atom stereocenters. The number of furan rings is 1. The van der Waals surface area contributed by atoms with Crippen molar-refractivity contribution in [1.29, 1.82) is 0 Å². The van der Waals surface area contributed by atoms with Crippen LogP contribution in [0, 0.1) is 0 Å². The summed E-state index contributed by atoms with van der Waals surface area (Å²) in [5, 5.41) is 0.202. The van der Waals surface area contributed by atoms with E-state index < -0.39 is 0 Å². The van der Waals surface area contributed by atoms with E-state index in [1.54, 1.807) is 6.07 Å². The second-order valence-electron chi connectivity index (χ2n) is 3.46. The molecular formula is C11H11ClO2. The van der Waals surface area contributed by atoms with Crippen LogP contribution in [0.2, 0.25) is 5.22 Å². The van der Waals surface area contributed by atoms with Crippen molar-refractivity contribution in [3.63, 3.8) is 0 Å². The van der Waals surface area contributed by atoms with Gasteiger partial charge in [-0.3, -0.25) is 4.79 Å². The number of Topliss-reactive ketones (excluding diaryl/α,β-unsaturated/α-hetero) is 1. The van der Waals surface area contributed by atoms with E-state index in [1.807, 2.05) is 0 Å². The lowest BCUT2D eigenvalue weighted by atomic mass is 10.1. The predicted octanol–water partition coefficient (Wildman–Crippen LogP) is 3.62. The lowest BCUT2D eigenvalue weighted by molar-refractivity contribution is 0.0992. The summed E-state index contributed by atoms with van der Waals surface area (Å²) in [5.41, 5.74) is 1.73. The fourth-order valence-electron chi connectivity index (χ4n) is 1.69. The molecule has 0 saturated carbocycles. The maximum atomic E-state index is 11.7. The molecule has 0 atom stereocenters. The molecule has 0 N–H and O–H groups in total. The molecule has 0 spiro atoms. The van der Waals surface area contributed by atoms with Crippen LogP contribution < -0.4 is 0 Å². The minimum absolute atomic E-state index is 0.0527. The first-order valence-electron chi connectivity index (χ1n) is 4.71. The number of ketones is 1. The molecule has 1 aromatic heterocycles. The molecule has 0 fully saturated rings. The Labute approximate surface area is 87.5 Å². The third-order valence-corrected chi connectivity index (χ3v) is 2.73. The maximum absolute atomic E-state index is 11.7. The Balaban J connectivity index is 2.06. The molecule has 0 radical (unpaired) electrons. The number of allylic oxidation sites excluding steroid dienone is 2. The van der Waals surface area contributed by atoms with Crippen molar-refractivity contribution in [2.75, 3.05) is 0 Å². The quantitative estimate of drug-likeness (QED) is 0.564. The van der Waals surface area contributed by atoms with Gasteiger partial charge in [-0.1, -0.05) is 11.6 Å². The van der Waals surface area contributed by atoms with Crippen LogP contribution in [0.25, 0.3) is 0 Å². The molecule has 2 rings (SSSR count). The SMILES string of the molecule is O=C(CC1=CCCC1)c1ccoc1Cl. The standard InChI is InChI=1S/C11H11ClO2/c12-11-9(5-6-14-11)10(13)7-8-3-1-2-4-8/h3,5-6H,1-2,4,7H2. The molecule has 2 nitrogen and oxygen atoms in total. The van der Waals surface area contributed by atoms with Gasteiger partial charge in [-0.2, -0.15) is 0 Å². The maximum Gasteiger partial charge on any atom is 0.203 e. The summed E-state index contributed by atoms with van der Waals surface area (Å²) < 4.78 is 4.88. The highest BCUT2D eigenvalue weighted by molar-refractivity contribution is 6.32. The second-order valence-corrected chi connectivity index (χ2v) is 3.81. The van der Waals surface area contributed by atoms with E-state index in [0.717, 1.165) is 12.8 Å². The summed E-state index contributed by atoms with van der Waals surface area (Å²) in [6.07, 6.45) is 7.38. The topological polar surface area (TPSA) is 30.2 Å². The zero-order valence-electron chi connectivity index (χ0n) is 7.75. The fourth-order valence-corrected chi connectivity index (χ4v) is 1.91. The first kappa shape index (κ1) is 9.53. The summed E-state index contributed by atoms with van der Waals surface area (Å²) in [5.74, 6) is 0.0527. The lowest BCUT2D eigenvalue weighted by Gasteiger charge is -1.99. The fraction of sp³-hybridized carbons (Fsp3) is 0.364. The highest BCUT2D eigenvalue weighted by atomic mass is 35.5. The van der Waals surface area contributed by atoms with Crippen LogP contribution >= 0.6 is 11.6 Å². The summed E-state index contributed by atoms with van der Waals surface area (Å²) in [7, 11) is 0. The van der Waals surface area contributed by atoms with Crippen molar-refractivity contribution in [2.24, 2.45) is 0 Å². The van der Waals surface area contributed by atoms with Gasteiger partial charge >= 0.3 is 0 Å². The van der Waals surface area contributed by atoms with E-state index in [9.17, 15) is 4.79 Å². The van der Waals surface area contributed by atoms with Gasteiger partial charge in [-0.05, 0) is 36.9 Å². The first-order chi connectivity index (χ1) is 6.77. The van der Waals surface area contributed by atoms with Crippen LogP contribution in [0.15, 0.2) is 28.4 Å². The molecule has 0 aliphatic heterocycles. The largest absolute Gasteiger partial charge is 0.452 e. The summed E-state index contributed by atoms with van der Waals surface area (Å²) in [6, 6.07) is 1.63. The van der Waals surface area contributed by atoms with Gasteiger partial charge < -0.3 is 4.42 Å². The number of carbonyl (C=O) groups is 1. The Morgan fingerprint density at radius 3 is 3.00 bits per heavy atom. The minimum Gasteiger partial charge on any atom is -0.452 e. The van der Waals surface area contributed by atoms with Gasteiger partial charge in [0, 0.05) is 6.42 Å². The van der Waals surface area contributed by atoms with E-state index in [0.29, 0.717) is 12.0 Å². The number of hydrogen-bond acceptors (Lipinski definition) is 2. The molecule has 1 aliphatic rings. The van der Waals surface area contributed by atoms with Crippen molar-refractivity contribution < 1.29 is 9.21 Å². The van der Waals surface area contributed by atoms with Crippen LogP contribution in [-0.4, -0.2) is 5.78 Å². The van der Waals surface area contributed by atoms with Crippen molar-refractivity contribution in [2.45, 2.75) is 25.7 Å². The summed E-state index contributed by atoms with van der Waals surface area (Å²) in [6.45, 7) is 0. The van der Waals surface area contributed by atoms with Gasteiger partial charge in [-0.15, -0.1) is 0 Å². The Morgan fingerprint density at radius 2 is 2.43 bits per heavy atom. The average Bonchev–Trinajstić information content (AvgIpc) is 2.75. The second kappa shape index (κ2) is 4.01. The number of hydrogen-bond donors (Lipinski definition) is 0. The van der Waals surface area contributed by atoms with Crippen LogP contribution in [0.3, 0.4) is 0 Å². The highest BCUT2D eigenvalue weighted by Crippen LogP contribution is 2.25. The van der Waals surface area contributed by atoms with E-state index in [-0.39, 0.29) is 11.0 Å². The zero-order chi connectivity index (χ0) is 9.97. The Bertz CT molecular complexity index is 376. The van der Waals surface area contributed by atoms with Crippen LogP contribution in [-0.2, 0) is 0 Å². The van der Waals surface area contributed by atoms with Crippen LogP contribution in [0.1, 0.15) is 36.0 Å². The first-order valence-corrected chi connectivity index (χ1v) is 5.09. The lowest BCUT2D eigenvalue weighted by Crippen LogP contribution is -1.98. The predicted molar refractivity (Wildman–Crippen MR) is 54.6 cm³/mol. The van der Waals surface area contributed by atoms with Crippen molar-refractivity contribution in [3.05, 3.63) is 34.8 Å². The van der Waals surface area contributed by atoms with Gasteiger partial charge in [0.25, 0.3) is 0 Å². The molecule has 1 aromatic rings. The van der Waals surface area contributed by atoms with E-state index in [1.165, 1.54) is 18.3 Å². The van der Waals surface area contributed by atoms with Gasteiger partial charge in [0.1, 0.15) is 0 Å². The Morgan fingerprint density at radius 1 is 1.57 bits per heavy atom. The zero-order valence-corrected chi connectivity index (χ0v) is 8.51. The smallest absolute Gasteiger partial charge is 0.203 e. The van der Waals surface area contributed by atoms with E-state index in [2.05, 4.69) is 6.08 Å². The molecular weight excluding hydrogens is 200 g/mol. The molecule has 1 heterocycles. The van der Waals surface area contributed by atoms with Crippen molar-refractivity contribution in [1.82, 2.24) is 0 Å². The third kappa shape index (κ3) is 1.90. The molecule has 0 amide bonds. The van der Waals surface area contributed by atoms with Gasteiger partial charge in [0.15, 0.2) is 5.78 Å². The monoisotopic (exact) mass is 210 g/mol. The Hall–Kier alpha value is -1.02. The van der Waals surface area contributed by atoms with Gasteiger partial charge in [0.05, 0.1) is 11.8 Å². The highest BCUT2D eigenvalue weighted by Gasteiger charge is 2.15. The Kier molecular flexibility index (Phi) is 2.73. The van der Waals surface area contributed by atoms with Crippen LogP contribution in [0.5, 0.6) is 0 Å². The van der Waals surface area contributed by atoms with Gasteiger partial charge in [-0.25, -0.2) is 0 Å². The van der Waals surface area contributed by atoms with Crippen molar-refractivity contribution >= 4 is 17.4 Å². The normalized spacial score (nSPS) is 15.6. The van der Waals surface area contributed by atoms with Crippen molar-refractivity contribution in [3.8, 4) is 0 Å². The van der Waals surface area contributed by atoms with Gasteiger partial charge in [0.2, 0.25) is 5.22 Å². The van der Waals surface area contributed by atoms with E-state index in [4.69, 9.17) is 16.0 Å². The average molecular weight is 211 g/mol. The summed E-state index contributed by atoms with van der Waals surface area (Å²) in [4.78, 5) is 11.7. The van der Waals surface area contributed by atoms with Crippen LogP contribution in [0.4, 0.5) is 0 Å². The van der Waals surface area contributed by atoms with E-state index >= 15 is 0 Å².